The Hall–Kier alpha value is -0.150. The number of hydrogen-bond donors (Lipinski definition) is 4. The third kappa shape index (κ3) is 29.1. The van der Waals surface area contributed by atoms with Gasteiger partial charge in [-0.05, 0) is 12.8 Å². The Bertz CT molecular complexity index is 991. The van der Waals surface area contributed by atoms with E-state index in [4.69, 9.17) is 23.3 Å². The molecule has 7 atom stereocenters. The summed E-state index contributed by atoms with van der Waals surface area (Å²) in [6.07, 6.45) is 20.4. The molecule has 1 heterocycles. The Morgan fingerprint density at radius 2 is 1.00 bits per heavy atom. The minimum absolute atomic E-state index is 0. The summed E-state index contributed by atoms with van der Waals surface area (Å²) in [6.45, 7) is 2.50. The molecular formula is C41H78NaO13P. The number of aliphatic hydroxyl groups is 4. The predicted octanol–water partition coefficient (Wildman–Crippen LogP) is 4.71. The number of rotatable bonds is 37. The van der Waals surface area contributed by atoms with Gasteiger partial charge in [0, 0.05) is 12.8 Å². The van der Waals surface area contributed by atoms with Crippen LogP contribution in [-0.2, 0) is 37.4 Å². The molecule has 1 fully saturated rings. The van der Waals surface area contributed by atoms with Crippen molar-refractivity contribution < 1.29 is 92.3 Å². The van der Waals surface area contributed by atoms with Crippen LogP contribution in [-0.4, -0.2) is 89.0 Å². The smallest absolute Gasteiger partial charge is 0.756 e. The average molecular weight is 833 g/mol. The molecule has 0 radical (unpaired) electrons. The summed E-state index contributed by atoms with van der Waals surface area (Å²) in [4.78, 5) is 37.9. The van der Waals surface area contributed by atoms with Crippen molar-refractivity contribution in [2.75, 3.05) is 19.8 Å². The minimum Gasteiger partial charge on any atom is -0.756 e. The molecule has 4 N–H and O–H groups in total. The fraction of sp³-hybridized carbons (Fsp3) is 0.951. The van der Waals surface area contributed by atoms with Crippen LogP contribution in [0.2, 0.25) is 0 Å². The Labute approximate surface area is 360 Å². The van der Waals surface area contributed by atoms with Crippen molar-refractivity contribution in [1.82, 2.24) is 0 Å². The molecule has 1 rings (SSSR count). The van der Waals surface area contributed by atoms with E-state index in [1.165, 1.54) is 116 Å². The van der Waals surface area contributed by atoms with Crippen molar-refractivity contribution in [3.05, 3.63) is 0 Å². The van der Waals surface area contributed by atoms with Crippen LogP contribution in [0.4, 0.5) is 0 Å². The number of unbranched alkanes of at least 4 members (excludes halogenated alkanes) is 24. The largest absolute Gasteiger partial charge is 1.00 e. The number of ether oxygens (including phenoxy) is 3. The summed E-state index contributed by atoms with van der Waals surface area (Å²) in [5.41, 5.74) is 0. The molecule has 0 aromatic carbocycles. The fourth-order valence-corrected chi connectivity index (χ4v) is 7.52. The molecule has 0 spiro atoms. The van der Waals surface area contributed by atoms with Gasteiger partial charge < -0.3 is 44.1 Å². The first kappa shape index (κ1) is 55.9. The van der Waals surface area contributed by atoms with Crippen molar-refractivity contribution >= 4 is 19.8 Å². The molecule has 1 aliphatic rings. The maximum atomic E-state index is 12.7. The molecule has 0 aromatic heterocycles. The van der Waals surface area contributed by atoms with Gasteiger partial charge in [0.2, 0.25) is 0 Å². The van der Waals surface area contributed by atoms with Gasteiger partial charge in [-0.25, -0.2) is 0 Å². The van der Waals surface area contributed by atoms with Gasteiger partial charge in [-0.2, -0.15) is 0 Å². The molecule has 15 heteroatoms. The van der Waals surface area contributed by atoms with Crippen LogP contribution in [0.5, 0.6) is 0 Å². The van der Waals surface area contributed by atoms with Crippen molar-refractivity contribution in [2.24, 2.45) is 0 Å². The fourth-order valence-electron chi connectivity index (χ4n) is 6.68. The van der Waals surface area contributed by atoms with E-state index in [1.807, 2.05) is 0 Å². The first-order valence-corrected chi connectivity index (χ1v) is 23.3. The van der Waals surface area contributed by atoms with Gasteiger partial charge in [-0.3, -0.25) is 18.7 Å². The Morgan fingerprint density at radius 1 is 0.607 bits per heavy atom. The van der Waals surface area contributed by atoms with Crippen LogP contribution < -0.4 is 34.5 Å². The molecular weight excluding hydrogens is 754 g/mol. The third-order valence-corrected chi connectivity index (χ3v) is 11.1. The van der Waals surface area contributed by atoms with E-state index in [-0.39, 0.29) is 42.4 Å². The van der Waals surface area contributed by atoms with Crippen molar-refractivity contribution in [3.8, 4) is 0 Å². The topological polar surface area (TPSA) is 201 Å². The monoisotopic (exact) mass is 833 g/mol. The maximum Gasteiger partial charge on any atom is 1.00 e. The van der Waals surface area contributed by atoms with E-state index >= 15 is 0 Å². The van der Waals surface area contributed by atoms with Crippen molar-refractivity contribution in [2.45, 2.75) is 230 Å². The average Bonchev–Trinajstić information content (AvgIpc) is 3.16. The van der Waals surface area contributed by atoms with Gasteiger partial charge in [0.1, 0.15) is 31.0 Å². The summed E-state index contributed by atoms with van der Waals surface area (Å²) in [5.74, 6) is -1.08. The van der Waals surface area contributed by atoms with Gasteiger partial charge in [0.05, 0.1) is 13.2 Å². The van der Waals surface area contributed by atoms with Crippen molar-refractivity contribution in [3.63, 3.8) is 0 Å². The zero-order chi connectivity index (χ0) is 40.6. The number of esters is 2. The normalized spacial score (nSPS) is 21.2. The van der Waals surface area contributed by atoms with Crippen LogP contribution in [0.1, 0.15) is 194 Å². The Balaban J connectivity index is 0.0000302. The molecule has 13 nitrogen and oxygen atoms in total. The molecule has 326 valence electrons. The van der Waals surface area contributed by atoms with Gasteiger partial charge in [0.15, 0.2) is 12.4 Å². The zero-order valence-electron chi connectivity index (χ0n) is 35.3. The van der Waals surface area contributed by atoms with Crippen LogP contribution in [0.25, 0.3) is 0 Å². The number of aliphatic hydroxyl groups excluding tert-OH is 4. The van der Waals surface area contributed by atoms with Crippen LogP contribution >= 0.6 is 7.82 Å². The SMILES string of the molecule is CCCCCCCCCCCCCCCC(=O)OC[C@@H](COP(=O)([O-])O[C@@H]1O[C@H](CO)[C@H](O)[C@H](O)[C@H]1O)OC(=O)CCCCCCCCCCCCCCC.[Na+]. The van der Waals surface area contributed by atoms with E-state index in [1.54, 1.807) is 0 Å². The molecule has 56 heavy (non-hydrogen) atoms. The van der Waals surface area contributed by atoms with Crippen LogP contribution in [0.3, 0.4) is 0 Å². The molecule has 1 saturated heterocycles. The number of phosphoric acid groups is 1. The summed E-state index contributed by atoms with van der Waals surface area (Å²) in [5, 5.41) is 39.4. The standard InChI is InChI=1S/C41H79O13P.Na/c1-3-5-7-9-11-13-15-17-19-21-23-25-27-29-36(43)50-32-34(33-51-55(48,49)54-41-40(47)39(46)38(45)35(31-42)53-41)52-37(44)30-28-26-24-22-20-18-16-14-12-10-8-6-4-2;/h34-35,38-42,45-47H,3-33H2,1-2H3,(H,48,49);/q;+1/p-1/t34-,35+,38-,39-,40+,41-;/m0./s1. The Morgan fingerprint density at radius 3 is 1.41 bits per heavy atom. The van der Waals surface area contributed by atoms with E-state index < -0.39 is 76.4 Å². The van der Waals surface area contributed by atoms with Crippen LogP contribution in [0, 0.1) is 0 Å². The maximum absolute atomic E-state index is 12.7. The summed E-state index contributed by atoms with van der Waals surface area (Å²) in [6, 6.07) is 0. The molecule has 0 aromatic rings. The van der Waals surface area contributed by atoms with Crippen molar-refractivity contribution in [1.29, 1.82) is 0 Å². The predicted molar refractivity (Wildman–Crippen MR) is 210 cm³/mol. The van der Waals surface area contributed by atoms with Crippen LogP contribution in [0.15, 0.2) is 0 Å². The molecule has 1 aliphatic heterocycles. The number of phosphoric ester groups is 1. The quantitative estimate of drug-likeness (QED) is 0.0291. The molecule has 0 saturated carbocycles. The number of carbonyl (C=O) groups excluding carboxylic acids is 2. The second-order valence-electron chi connectivity index (χ2n) is 15.3. The van der Waals surface area contributed by atoms with E-state index in [9.17, 15) is 39.5 Å². The second-order valence-corrected chi connectivity index (χ2v) is 16.7. The second kappa shape index (κ2) is 36.7. The van der Waals surface area contributed by atoms with E-state index in [0.717, 1.165) is 38.5 Å². The molecule has 0 amide bonds. The first-order chi connectivity index (χ1) is 26.5. The Kier molecular flexibility index (Phi) is 36.6. The van der Waals surface area contributed by atoms with Gasteiger partial charge in [0.25, 0.3) is 7.82 Å². The summed E-state index contributed by atoms with van der Waals surface area (Å²) >= 11 is 0. The molecule has 0 aliphatic carbocycles. The molecule has 0 bridgehead atoms. The summed E-state index contributed by atoms with van der Waals surface area (Å²) < 4.78 is 38.2. The summed E-state index contributed by atoms with van der Waals surface area (Å²) in [7, 11) is -5.26. The zero-order valence-corrected chi connectivity index (χ0v) is 38.2. The van der Waals surface area contributed by atoms with E-state index in [0.29, 0.717) is 12.8 Å². The van der Waals surface area contributed by atoms with Gasteiger partial charge >= 0.3 is 41.5 Å². The third-order valence-electron chi connectivity index (χ3n) is 10.2. The minimum atomic E-state index is -5.26. The first-order valence-electron chi connectivity index (χ1n) is 21.8. The van der Waals surface area contributed by atoms with E-state index in [2.05, 4.69) is 13.8 Å². The molecule has 1 unspecified atom stereocenters. The number of carbonyl (C=O) groups is 2. The van der Waals surface area contributed by atoms with Gasteiger partial charge in [-0.15, -0.1) is 0 Å². The van der Waals surface area contributed by atoms with Gasteiger partial charge in [-0.1, -0.05) is 168 Å². The number of hydrogen-bond acceptors (Lipinski definition) is 13.